The van der Waals surface area contributed by atoms with Gasteiger partial charge < -0.3 is 14.3 Å². The van der Waals surface area contributed by atoms with Crippen LogP contribution in [0, 0.1) is 0 Å². The number of rotatable bonds is 8. The molecule has 0 atom stereocenters. The fourth-order valence-corrected chi connectivity index (χ4v) is 2.69. The molecule has 0 fully saturated rings. The molecule has 152 valence electrons. The summed E-state index contributed by atoms with van der Waals surface area (Å²) in [5, 5.41) is 9.42. The summed E-state index contributed by atoms with van der Waals surface area (Å²) in [6, 6.07) is 13.9. The minimum Gasteiger partial charge on any atom is -0.493 e. The van der Waals surface area contributed by atoms with Gasteiger partial charge in [-0.1, -0.05) is 35.5 Å². The molecule has 9 heteroatoms. The zero-order valence-electron chi connectivity index (χ0n) is 15.6. The Hall–Kier alpha value is -3.49. The highest BCUT2D eigenvalue weighted by atomic mass is 19.3. The van der Waals surface area contributed by atoms with Crippen molar-refractivity contribution in [2.45, 2.75) is 13.0 Å². The van der Waals surface area contributed by atoms with Crippen molar-refractivity contribution in [3.05, 3.63) is 59.7 Å². The Kier molecular flexibility index (Phi) is 6.72. The fourth-order valence-electron chi connectivity index (χ4n) is 2.69. The second kappa shape index (κ2) is 9.63. The maximum absolute atomic E-state index is 12.3. The lowest BCUT2D eigenvalue weighted by atomic mass is 10.1. The van der Waals surface area contributed by atoms with E-state index in [2.05, 4.69) is 15.0 Å². The zero-order chi connectivity index (χ0) is 20.6. The summed E-state index contributed by atoms with van der Waals surface area (Å²) in [5.41, 5.74) is 2.36. The lowest BCUT2D eigenvalue weighted by molar-refractivity contribution is -0.135. The number of benzene rings is 2. The molecule has 0 unspecified atom stereocenters. The Morgan fingerprint density at radius 3 is 2.76 bits per heavy atom. The van der Waals surface area contributed by atoms with Gasteiger partial charge in [0.15, 0.2) is 18.1 Å². The van der Waals surface area contributed by atoms with E-state index in [0.717, 1.165) is 11.3 Å². The number of hydrogen-bond acceptors (Lipinski definition) is 6. The van der Waals surface area contributed by atoms with Crippen LogP contribution >= 0.6 is 0 Å². The number of nitrogens with zero attached hydrogens (tertiary/aromatic N) is 3. The third kappa shape index (κ3) is 5.50. The van der Waals surface area contributed by atoms with E-state index >= 15 is 0 Å². The monoisotopic (exact) mass is 403 g/mol. The quantitative estimate of drug-likeness (QED) is 0.501. The van der Waals surface area contributed by atoms with Crippen LogP contribution in [0.2, 0.25) is 0 Å². The third-order valence-corrected chi connectivity index (χ3v) is 4.06. The summed E-state index contributed by atoms with van der Waals surface area (Å²) in [5.74, 6) is -0.270. The Labute approximate surface area is 166 Å². The normalized spacial score (nSPS) is 13.7. The van der Waals surface area contributed by atoms with Gasteiger partial charge in [0.25, 0.3) is 5.91 Å². The molecular formula is C20H19F2N3O4. The molecule has 0 aromatic heterocycles. The molecule has 29 heavy (non-hydrogen) atoms. The second-order valence-corrected chi connectivity index (χ2v) is 5.98. The maximum atomic E-state index is 12.3. The standard InChI is InChI=1S/C20H19F2N3O4/c1-27-18-11-14(7-8-17(18)29-20(21)22)12-23-28-13-19(26)25-10-9-16(24-25)15-5-3-2-4-6-15/h2-8,11-12,20H,9-10,13H2,1H3/b23-12+. The molecule has 0 aliphatic carbocycles. The molecule has 2 aromatic rings. The number of hydrazone groups is 1. The Bertz CT molecular complexity index is 904. The number of halogens is 2. The van der Waals surface area contributed by atoms with Crippen LogP contribution in [0.1, 0.15) is 17.5 Å². The Morgan fingerprint density at radius 1 is 1.24 bits per heavy atom. The molecule has 0 spiro atoms. The van der Waals surface area contributed by atoms with E-state index in [4.69, 9.17) is 9.57 Å². The smallest absolute Gasteiger partial charge is 0.387 e. The van der Waals surface area contributed by atoms with E-state index in [-0.39, 0.29) is 24.0 Å². The van der Waals surface area contributed by atoms with Crippen molar-refractivity contribution in [1.82, 2.24) is 5.01 Å². The number of hydrogen-bond donors (Lipinski definition) is 0. The van der Waals surface area contributed by atoms with Crippen molar-refractivity contribution in [3.8, 4) is 11.5 Å². The molecule has 1 amide bonds. The van der Waals surface area contributed by atoms with Gasteiger partial charge in [-0.25, -0.2) is 5.01 Å². The van der Waals surface area contributed by atoms with E-state index in [9.17, 15) is 13.6 Å². The predicted octanol–water partition coefficient (Wildman–Crippen LogP) is 3.28. The van der Waals surface area contributed by atoms with Gasteiger partial charge in [0.1, 0.15) is 0 Å². The molecule has 0 saturated carbocycles. The SMILES string of the molecule is COc1cc(/C=N/OCC(=O)N2CCC(c3ccccc3)=N2)ccc1OC(F)F. The summed E-state index contributed by atoms with van der Waals surface area (Å²) in [6.45, 7) is -2.74. The zero-order valence-corrected chi connectivity index (χ0v) is 15.6. The average molecular weight is 403 g/mol. The number of oxime groups is 1. The van der Waals surface area contributed by atoms with Crippen LogP contribution in [0.15, 0.2) is 58.8 Å². The molecule has 1 aliphatic rings. The van der Waals surface area contributed by atoms with Crippen LogP contribution in [-0.2, 0) is 9.63 Å². The first-order valence-electron chi connectivity index (χ1n) is 8.78. The molecule has 0 radical (unpaired) electrons. The van der Waals surface area contributed by atoms with Crippen molar-refractivity contribution < 1.29 is 27.9 Å². The summed E-state index contributed by atoms with van der Waals surface area (Å²) < 4.78 is 34.0. The average Bonchev–Trinajstić information content (AvgIpc) is 3.22. The van der Waals surface area contributed by atoms with E-state index in [1.807, 2.05) is 30.3 Å². The van der Waals surface area contributed by atoms with E-state index < -0.39 is 6.61 Å². The van der Waals surface area contributed by atoms with E-state index in [1.54, 1.807) is 0 Å². The minimum absolute atomic E-state index is 0.0862. The van der Waals surface area contributed by atoms with Gasteiger partial charge in [-0.2, -0.15) is 13.9 Å². The Balaban J connectivity index is 1.53. The highest BCUT2D eigenvalue weighted by Crippen LogP contribution is 2.28. The molecule has 7 nitrogen and oxygen atoms in total. The minimum atomic E-state index is -2.95. The van der Waals surface area contributed by atoms with Crippen LogP contribution in [0.4, 0.5) is 8.78 Å². The molecule has 3 rings (SSSR count). The van der Waals surface area contributed by atoms with Crippen LogP contribution in [0.3, 0.4) is 0 Å². The van der Waals surface area contributed by atoms with E-state index in [0.29, 0.717) is 18.5 Å². The summed E-state index contributed by atoms with van der Waals surface area (Å²) in [6.07, 6.45) is 2.01. The van der Waals surface area contributed by atoms with Gasteiger partial charge in [-0.3, -0.25) is 4.79 Å². The molecule has 2 aromatic carbocycles. The van der Waals surface area contributed by atoms with Gasteiger partial charge >= 0.3 is 6.61 Å². The first-order chi connectivity index (χ1) is 14.1. The fraction of sp³-hybridized carbons (Fsp3) is 0.250. The second-order valence-electron chi connectivity index (χ2n) is 5.98. The highest BCUT2D eigenvalue weighted by Gasteiger charge is 2.21. The van der Waals surface area contributed by atoms with Gasteiger partial charge in [0.2, 0.25) is 0 Å². The highest BCUT2D eigenvalue weighted by molar-refractivity contribution is 6.02. The predicted molar refractivity (Wildman–Crippen MR) is 102 cm³/mol. The number of carbonyl (C=O) groups excluding carboxylic acids is 1. The first-order valence-corrected chi connectivity index (χ1v) is 8.78. The van der Waals surface area contributed by atoms with Gasteiger partial charge in [-0.05, 0) is 23.8 Å². The van der Waals surface area contributed by atoms with Crippen molar-refractivity contribution in [1.29, 1.82) is 0 Å². The van der Waals surface area contributed by atoms with Crippen molar-refractivity contribution in [2.24, 2.45) is 10.3 Å². The molecule has 0 saturated heterocycles. The first kappa shape index (κ1) is 20.2. The molecule has 0 bridgehead atoms. The topological polar surface area (TPSA) is 72.7 Å². The number of alkyl halides is 2. The third-order valence-electron chi connectivity index (χ3n) is 4.06. The van der Waals surface area contributed by atoms with E-state index in [1.165, 1.54) is 36.5 Å². The number of carbonyl (C=O) groups is 1. The Morgan fingerprint density at radius 2 is 2.03 bits per heavy atom. The summed E-state index contributed by atoms with van der Waals surface area (Å²) >= 11 is 0. The van der Waals surface area contributed by atoms with Crippen molar-refractivity contribution >= 4 is 17.8 Å². The number of amides is 1. The summed E-state index contributed by atoms with van der Waals surface area (Å²) in [7, 11) is 1.34. The van der Waals surface area contributed by atoms with Crippen LogP contribution < -0.4 is 9.47 Å². The van der Waals surface area contributed by atoms with Gasteiger partial charge in [0, 0.05) is 12.0 Å². The van der Waals surface area contributed by atoms with Crippen LogP contribution in [0.25, 0.3) is 0 Å². The van der Waals surface area contributed by atoms with Crippen LogP contribution in [-0.4, -0.2) is 49.7 Å². The van der Waals surface area contributed by atoms with Crippen molar-refractivity contribution in [3.63, 3.8) is 0 Å². The lowest BCUT2D eigenvalue weighted by Gasteiger charge is -2.10. The molecule has 1 heterocycles. The van der Waals surface area contributed by atoms with Gasteiger partial charge in [-0.15, -0.1) is 0 Å². The number of methoxy groups -OCH3 is 1. The molecule has 1 aliphatic heterocycles. The molecular weight excluding hydrogens is 384 g/mol. The largest absolute Gasteiger partial charge is 0.493 e. The van der Waals surface area contributed by atoms with Crippen molar-refractivity contribution in [2.75, 3.05) is 20.3 Å². The maximum Gasteiger partial charge on any atom is 0.387 e. The lowest BCUT2D eigenvalue weighted by Crippen LogP contribution is -2.26. The van der Waals surface area contributed by atoms with Gasteiger partial charge in [0.05, 0.1) is 25.6 Å². The summed E-state index contributed by atoms with van der Waals surface area (Å²) in [4.78, 5) is 17.2. The molecule has 0 N–H and O–H groups in total. The number of ether oxygens (including phenoxy) is 2. The van der Waals surface area contributed by atoms with Crippen LogP contribution in [0.5, 0.6) is 11.5 Å².